The molecule has 154 valence electrons. The SMILES string of the molecule is CNS(=O)(=O)c1ccc(Cc2ccc(OC(F)(F)F)cc2)c(-c2nnnn2C)c1. The third-order valence-corrected chi connectivity index (χ3v) is 5.48. The summed E-state index contributed by atoms with van der Waals surface area (Å²) in [5.74, 6) is 0.0274. The summed E-state index contributed by atoms with van der Waals surface area (Å²) in [4.78, 5) is 0.0377. The van der Waals surface area contributed by atoms with Gasteiger partial charge in [-0.05, 0) is 59.3 Å². The Morgan fingerprint density at radius 1 is 1.14 bits per heavy atom. The Balaban J connectivity index is 1.98. The van der Waals surface area contributed by atoms with Crippen molar-refractivity contribution in [2.45, 2.75) is 17.7 Å². The van der Waals surface area contributed by atoms with Crippen LogP contribution in [-0.4, -0.2) is 42.0 Å². The standard InChI is InChI=1S/C17H16F3N5O3S/c1-21-29(26,27)14-8-5-12(15(10-14)16-22-23-24-25(16)2)9-11-3-6-13(7-4-11)28-17(18,19)20/h3-8,10,21H,9H2,1-2H3. The Bertz CT molecular complexity index is 1110. The number of rotatable bonds is 6. The van der Waals surface area contributed by atoms with Crippen LogP contribution in [0.25, 0.3) is 11.4 Å². The number of sulfonamides is 1. The zero-order valence-corrected chi connectivity index (χ0v) is 16.1. The average Bonchev–Trinajstić information content (AvgIpc) is 3.08. The van der Waals surface area contributed by atoms with Gasteiger partial charge in [0.05, 0.1) is 4.90 Å². The normalized spacial score (nSPS) is 12.2. The van der Waals surface area contributed by atoms with Gasteiger partial charge < -0.3 is 4.74 Å². The molecule has 2 aromatic carbocycles. The largest absolute Gasteiger partial charge is 0.573 e. The van der Waals surface area contributed by atoms with Crippen molar-refractivity contribution in [2.24, 2.45) is 7.05 Å². The summed E-state index contributed by atoms with van der Waals surface area (Å²) < 4.78 is 68.7. The number of nitrogens with zero attached hydrogens (tertiary/aromatic N) is 4. The second kappa shape index (κ2) is 7.79. The Morgan fingerprint density at radius 3 is 2.38 bits per heavy atom. The highest BCUT2D eigenvalue weighted by Crippen LogP contribution is 2.28. The van der Waals surface area contributed by atoms with Crippen molar-refractivity contribution in [3.05, 3.63) is 53.6 Å². The molecule has 0 saturated heterocycles. The lowest BCUT2D eigenvalue weighted by molar-refractivity contribution is -0.274. The summed E-state index contributed by atoms with van der Waals surface area (Å²) in [6.07, 6.45) is -4.45. The zero-order chi connectivity index (χ0) is 21.2. The van der Waals surface area contributed by atoms with Crippen LogP contribution >= 0.6 is 0 Å². The van der Waals surface area contributed by atoms with Crippen LogP contribution in [0.15, 0.2) is 47.4 Å². The molecule has 8 nitrogen and oxygen atoms in total. The summed E-state index contributed by atoms with van der Waals surface area (Å²) >= 11 is 0. The van der Waals surface area contributed by atoms with Crippen LogP contribution in [0.2, 0.25) is 0 Å². The van der Waals surface area contributed by atoms with Crippen molar-refractivity contribution in [2.75, 3.05) is 7.05 Å². The second-order valence-corrected chi connectivity index (χ2v) is 7.91. The highest BCUT2D eigenvalue weighted by atomic mass is 32.2. The molecule has 1 aromatic heterocycles. The lowest BCUT2D eigenvalue weighted by atomic mass is 9.99. The van der Waals surface area contributed by atoms with E-state index < -0.39 is 16.4 Å². The first-order valence-electron chi connectivity index (χ1n) is 8.23. The molecule has 0 atom stereocenters. The van der Waals surface area contributed by atoms with Gasteiger partial charge in [-0.1, -0.05) is 18.2 Å². The van der Waals surface area contributed by atoms with Gasteiger partial charge in [0.25, 0.3) is 0 Å². The topological polar surface area (TPSA) is 99.0 Å². The van der Waals surface area contributed by atoms with E-state index in [4.69, 9.17) is 0 Å². The molecular weight excluding hydrogens is 411 g/mol. The minimum absolute atomic E-state index is 0.0377. The van der Waals surface area contributed by atoms with Gasteiger partial charge in [0.1, 0.15) is 5.75 Å². The zero-order valence-electron chi connectivity index (χ0n) is 15.3. The number of aromatic nitrogens is 4. The number of aryl methyl sites for hydroxylation is 1. The third kappa shape index (κ3) is 4.90. The highest BCUT2D eigenvalue weighted by molar-refractivity contribution is 7.89. The molecule has 12 heteroatoms. The van der Waals surface area contributed by atoms with Crippen LogP contribution in [0.5, 0.6) is 5.75 Å². The van der Waals surface area contributed by atoms with Gasteiger partial charge in [-0.2, -0.15) is 0 Å². The fraction of sp³-hybridized carbons (Fsp3) is 0.235. The first kappa shape index (κ1) is 20.7. The lowest BCUT2D eigenvalue weighted by Crippen LogP contribution is -2.18. The van der Waals surface area contributed by atoms with Gasteiger partial charge in [0, 0.05) is 12.6 Å². The summed E-state index contributed by atoms with van der Waals surface area (Å²) in [5, 5.41) is 11.3. The molecule has 1 heterocycles. The first-order valence-corrected chi connectivity index (χ1v) is 9.71. The monoisotopic (exact) mass is 427 g/mol. The maximum Gasteiger partial charge on any atom is 0.573 e. The molecule has 0 bridgehead atoms. The molecule has 3 rings (SSSR count). The van der Waals surface area contributed by atoms with Crippen LogP contribution in [0.4, 0.5) is 13.2 Å². The van der Waals surface area contributed by atoms with Crippen LogP contribution < -0.4 is 9.46 Å². The predicted octanol–water partition coefficient (Wildman–Crippen LogP) is 2.27. The van der Waals surface area contributed by atoms with Crippen LogP contribution in [0, 0.1) is 0 Å². The maximum atomic E-state index is 12.3. The summed E-state index contributed by atoms with van der Waals surface area (Å²) in [6.45, 7) is 0. The van der Waals surface area contributed by atoms with Crippen molar-refractivity contribution in [1.82, 2.24) is 24.9 Å². The Kier molecular flexibility index (Phi) is 5.57. The van der Waals surface area contributed by atoms with Gasteiger partial charge in [-0.25, -0.2) is 17.8 Å². The fourth-order valence-electron chi connectivity index (χ4n) is 2.69. The van der Waals surface area contributed by atoms with Crippen LogP contribution in [0.3, 0.4) is 0 Å². The molecule has 0 aliphatic carbocycles. The minimum atomic E-state index is -4.76. The van der Waals surface area contributed by atoms with E-state index in [1.165, 1.54) is 48.1 Å². The average molecular weight is 427 g/mol. The van der Waals surface area contributed by atoms with E-state index >= 15 is 0 Å². The van der Waals surface area contributed by atoms with Gasteiger partial charge in [0.2, 0.25) is 10.0 Å². The van der Waals surface area contributed by atoms with Crippen molar-refractivity contribution in [1.29, 1.82) is 0 Å². The molecule has 0 radical (unpaired) electrons. The summed E-state index contributed by atoms with van der Waals surface area (Å²) in [6, 6.07) is 9.94. The van der Waals surface area contributed by atoms with Gasteiger partial charge in [-0.3, -0.25) is 0 Å². The molecule has 29 heavy (non-hydrogen) atoms. The van der Waals surface area contributed by atoms with Crippen molar-refractivity contribution < 1.29 is 26.3 Å². The number of halogens is 3. The Morgan fingerprint density at radius 2 is 1.83 bits per heavy atom. The molecule has 3 aromatic rings. The molecule has 0 spiro atoms. The van der Waals surface area contributed by atoms with E-state index in [-0.39, 0.29) is 10.6 Å². The molecule has 0 fully saturated rings. The summed E-state index contributed by atoms with van der Waals surface area (Å²) in [5.41, 5.74) is 1.88. The van der Waals surface area contributed by atoms with Crippen LogP contribution in [-0.2, 0) is 23.5 Å². The lowest BCUT2D eigenvalue weighted by Gasteiger charge is -2.12. The molecular formula is C17H16F3N5O3S. The van der Waals surface area contributed by atoms with E-state index in [9.17, 15) is 21.6 Å². The molecule has 0 aliphatic rings. The first-order chi connectivity index (χ1) is 13.6. The quantitative estimate of drug-likeness (QED) is 0.648. The number of benzene rings is 2. The number of tetrazole rings is 1. The molecule has 1 N–H and O–H groups in total. The molecule has 0 saturated carbocycles. The van der Waals surface area contributed by atoms with Crippen LogP contribution in [0.1, 0.15) is 11.1 Å². The van der Waals surface area contributed by atoms with Crippen molar-refractivity contribution in [3.8, 4) is 17.1 Å². The third-order valence-electron chi connectivity index (χ3n) is 4.07. The van der Waals surface area contributed by atoms with Crippen molar-refractivity contribution in [3.63, 3.8) is 0 Å². The number of nitrogens with one attached hydrogen (secondary N) is 1. The fourth-order valence-corrected chi connectivity index (χ4v) is 3.45. The van der Waals surface area contributed by atoms with E-state index in [0.717, 1.165) is 0 Å². The van der Waals surface area contributed by atoms with E-state index in [1.54, 1.807) is 13.1 Å². The van der Waals surface area contributed by atoms with E-state index in [2.05, 4.69) is 25.0 Å². The number of hydrogen-bond donors (Lipinski definition) is 1. The predicted molar refractivity (Wildman–Crippen MR) is 96.4 cm³/mol. The van der Waals surface area contributed by atoms with Gasteiger partial charge in [0.15, 0.2) is 5.82 Å². The van der Waals surface area contributed by atoms with E-state index in [1.807, 2.05) is 0 Å². The Hall–Kier alpha value is -2.99. The molecule has 0 amide bonds. The number of alkyl halides is 3. The van der Waals surface area contributed by atoms with E-state index in [0.29, 0.717) is 28.9 Å². The van der Waals surface area contributed by atoms with Gasteiger partial charge >= 0.3 is 6.36 Å². The smallest absolute Gasteiger partial charge is 0.406 e. The molecule has 0 aliphatic heterocycles. The van der Waals surface area contributed by atoms with Gasteiger partial charge in [-0.15, -0.1) is 18.3 Å². The highest BCUT2D eigenvalue weighted by Gasteiger charge is 2.31. The Labute approximate surface area is 164 Å². The maximum absolute atomic E-state index is 12.3. The van der Waals surface area contributed by atoms with Crippen molar-refractivity contribution >= 4 is 10.0 Å². The summed E-state index contributed by atoms with van der Waals surface area (Å²) in [7, 11) is -0.772. The minimum Gasteiger partial charge on any atom is -0.406 e. The number of hydrogen-bond acceptors (Lipinski definition) is 6. The second-order valence-electron chi connectivity index (χ2n) is 6.02. The molecule has 0 unspecified atom stereocenters. The number of ether oxygens (including phenoxy) is 1.